The minimum atomic E-state index is -4.03. The van der Waals surface area contributed by atoms with E-state index in [1.807, 2.05) is 0 Å². The monoisotopic (exact) mass is 347 g/mol. The zero-order chi connectivity index (χ0) is 17.3. The molecule has 0 atom stereocenters. The Bertz CT molecular complexity index is 1090. The van der Waals surface area contributed by atoms with Crippen LogP contribution in [-0.4, -0.2) is 28.3 Å². The predicted molar refractivity (Wildman–Crippen MR) is 84.1 cm³/mol. The van der Waals surface area contributed by atoms with Gasteiger partial charge in [-0.25, -0.2) is 13.4 Å². The van der Waals surface area contributed by atoms with E-state index in [-0.39, 0.29) is 21.6 Å². The third-order valence-corrected chi connectivity index (χ3v) is 4.39. The van der Waals surface area contributed by atoms with E-state index in [1.165, 1.54) is 30.5 Å². The van der Waals surface area contributed by atoms with Gasteiger partial charge >= 0.3 is 0 Å². The summed E-state index contributed by atoms with van der Waals surface area (Å²) in [5, 5.41) is 10.7. The van der Waals surface area contributed by atoms with Crippen LogP contribution < -0.4 is 10.3 Å². The summed E-state index contributed by atoms with van der Waals surface area (Å²) >= 11 is 0. The smallest absolute Gasteiger partial charge is 0.292 e. The van der Waals surface area contributed by atoms with Crippen LogP contribution in [0.25, 0.3) is 11.0 Å². The molecule has 2 N–H and O–H groups in total. The number of aromatic amines is 1. The van der Waals surface area contributed by atoms with Crippen molar-refractivity contribution in [3.8, 4) is 0 Å². The molecule has 3 rings (SSSR count). The van der Waals surface area contributed by atoms with Crippen LogP contribution in [0, 0.1) is 10.1 Å². The molecular weight excluding hydrogens is 338 g/mol. The lowest BCUT2D eigenvalue weighted by Gasteiger charge is -2.07. The van der Waals surface area contributed by atoms with Crippen molar-refractivity contribution in [2.45, 2.75) is 4.90 Å². The molecule has 0 aliphatic heterocycles. The van der Waals surface area contributed by atoms with Crippen molar-refractivity contribution in [3.63, 3.8) is 0 Å². The van der Waals surface area contributed by atoms with Gasteiger partial charge in [-0.1, -0.05) is 0 Å². The molecule has 0 radical (unpaired) electrons. The number of sulfonamides is 1. The first-order chi connectivity index (χ1) is 11.4. The van der Waals surface area contributed by atoms with Crippen LogP contribution in [-0.2, 0) is 10.0 Å². The Kier molecular flexibility index (Phi) is 3.69. The number of aromatic nitrogens is 3. The second kappa shape index (κ2) is 5.70. The summed E-state index contributed by atoms with van der Waals surface area (Å²) in [5.74, 6) is -0.444. The Hall–Kier alpha value is -3.34. The minimum absolute atomic E-state index is 0.124. The highest BCUT2D eigenvalue weighted by molar-refractivity contribution is 7.92. The molecule has 24 heavy (non-hydrogen) atoms. The van der Waals surface area contributed by atoms with Gasteiger partial charge in [0.1, 0.15) is 4.90 Å². The van der Waals surface area contributed by atoms with Crippen LogP contribution in [0.2, 0.25) is 0 Å². The van der Waals surface area contributed by atoms with Crippen LogP contribution in [0.4, 0.5) is 11.5 Å². The number of nitro benzene ring substituents is 1. The zero-order valence-corrected chi connectivity index (χ0v) is 12.6. The fourth-order valence-electron chi connectivity index (χ4n) is 1.95. The van der Waals surface area contributed by atoms with Crippen molar-refractivity contribution < 1.29 is 13.3 Å². The molecule has 0 saturated carbocycles. The molecule has 2 heterocycles. The maximum absolute atomic E-state index is 12.2. The van der Waals surface area contributed by atoms with Gasteiger partial charge in [0, 0.05) is 24.5 Å². The van der Waals surface area contributed by atoms with Crippen molar-refractivity contribution in [2.75, 3.05) is 4.72 Å². The van der Waals surface area contributed by atoms with Crippen LogP contribution in [0.1, 0.15) is 0 Å². The molecule has 0 aliphatic carbocycles. The van der Waals surface area contributed by atoms with Crippen LogP contribution in [0.5, 0.6) is 0 Å². The molecule has 11 heteroatoms. The summed E-state index contributed by atoms with van der Waals surface area (Å²) in [7, 11) is -4.03. The van der Waals surface area contributed by atoms with E-state index in [2.05, 4.69) is 19.7 Å². The summed E-state index contributed by atoms with van der Waals surface area (Å²) in [5.41, 5.74) is -0.721. The molecule has 3 aromatic rings. The number of hydrogen-bond acceptors (Lipinski definition) is 7. The van der Waals surface area contributed by atoms with Crippen LogP contribution >= 0.6 is 0 Å². The maximum atomic E-state index is 12.2. The van der Waals surface area contributed by atoms with Crippen LogP contribution in [0.15, 0.2) is 52.4 Å². The molecule has 0 bridgehead atoms. The Labute approximate surface area is 134 Å². The fraction of sp³-hybridized carbons (Fsp3) is 0. The molecular formula is C13H9N5O5S. The minimum Gasteiger partial charge on any atom is -0.317 e. The number of pyridine rings is 1. The highest BCUT2D eigenvalue weighted by Crippen LogP contribution is 2.18. The number of H-pyrrole nitrogens is 1. The summed E-state index contributed by atoms with van der Waals surface area (Å²) < 4.78 is 26.5. The topological polar surface area (TPSA) is 148 Å². The van der Waals surface area contributed by atoms with Crippen molar-refractivity contribution in [2.24, 2.45) is 0 Å². The molecule has 0 amide bonds. The van der Waals surface area contributed by atoms with Gasteiger partial charge in [-0.3, -0.25) is 24.6 Å². The first-order valence-corrected chi connectivity index (χ1v) is 7.96. The molecule has 1 aromatic carbocycles. The van der Waals surface area contributed by atoms with E-state index < -0.39 is 26.3 Å². The first-order valence-electron chi connectivity index (χ1n) is 6.48. The number of anilines is 1. The largest absolute Gasteiger partial charge is 0.317 e. The molecule has 2 aromatic heterocycles. The predicted octanol–water partition coefficient (Wildman–Crippen LogP) is 1.03. The average molecular weight is 347 g/mol. The Morgan fingerprint density at radius 1 is 1.25 bits per heavy atom. The Morgan fingerprint density at radius 2 is 2.04 bits per heavy atom. The van der Waals surface area contributed by atoms with Gasteiger partial charge in [-0.15, -0.1) is 0 Å². The number of nitro groups is 1. The number of hydrogen-bond donors (Lipinski definition) is 2. The highest BCUT2D eigenvalue weighted by atomic mass is 32.2. The van der Waals surface area contributed by atoms with E-state index in [1.54, 1.807) is 0 Å². The van der Waals surface area contributed by atoms with Crippen molar-refractivity contribution in [1.29, 1.82) is 0 Å². The van der Waals surface area contributed by atoms with E-state index >= 15 is 0 Å². The van der Waals surface area contributed by atoms with E-state index in [0.717, 1.165) is 12.3 Å². The fourth-order valence-corrected chi connectivity index (χ4v) is 2.92. The van der Waals surface area contributed by atoms with Crippen molar-refractivity contribution in [3.05, 3.63) is 63.2 Å². The molecule has 0 aliphatic rings. The number of nitrogens with one attached hydrogen (secondary N) is 2. The quantitative estimate of drug-likeness (QED) is 0.529. The normalized spacial score (nSPS) is 11.3. The average Bonchev–Trinajstić information content (AvgIpc) is 2.55. The lowest BCUT2D eigenvalue weighted by atomic mass is 10.2. The van der Waals surface area contributed by atoms with Gasteiger partial charge < -0.3 is 4.98 Å². The number of benzene rings is 1. The molecule has 0 unspecified atom stereocenters. The number of fused-ring (bicyclic) bond motifs is 1. The highest BCUT2D eigenvalue weighted by Gasteiger charge is 2.18. The second-order valence-corrected chi connectivity index (χ2v) is 6.35. The number of non-ortho nitro benzene ring substituents is 1. The standard InChI is InChI=1S/C13H9N5O5S/c19-13-12(17-24(22,23)9-2-1-5-14-7-9)15-10-4-3-8(18(20)21)6-11(10)16-13/h1-7H,(H,15,17)(H,16,19). The first kappa shape index (κ1) is 15.6. The lowest BCUT2D eigenvalue weighted by molar-refractivity contribution is -0.384. The summed E-state index contributed by atoms with van der Waals surface area (Å²) in [6, 6.07) is 6.40. The second-order valence-electron chi connectivity index (χ2n) is 4.67. The Balaban J connectivity index is 2.05. The third-order valence-electron chi connectivity index (χ3n) is 3.06. The molecule has 122 valence electrons. The van der Waals surface area contributed by atoms with Crippen molar-refractivity contribution >= 4 is 32.6 Å². The maximum Gasteiger partial charge on any atom is 0.292 e. The zero-order valence-electron chi connectivity index (χ0n) is 11.8. The van der Waals surface area contributed by atoms with Gasteiger partial charge in [0.25, 0.3) is 21.3 Å². The molecule has 0 fully saturated rings. The SMILES string of the molecule is O=c1[nH]c2cc([N+](=O)[O-])ccc2nc1NS(=O)(=O)c1cccnc1. The van der Waals surface area contributed by atoms with E-state index in [4.69, 9.17) is 0 Å². The third kappa shape index (κ3) is 2.92. The van der Waals surface area contributed by atoms with E-state index in [0.29, 0.717) is 0 Å². The van der Waals surface area contributed by atoms with Gasteiger partial charge in [0.2, 0.25) is 5.82 Å². The van der Waals surface area contributed by atoms with Gasteiger partial charge in [-0.05, 0) is 18.2 Å². The molecule has 0 spiro atoms. The summed E-state index contributed by atoms with van der Waals surface area (Å²) in [4.78, 5) is 32.0. The summed E-state index contributed by atoms with van der Waals surface area (Å²) in [6.45, 7) is 0. The number of nitrogens with zero attached hydrogens (tertiary/aromatic N) is 3. The van der Waals surface area contributed by atoms with Gasteiger partial charge in [0.05, 0.1) is 16.0 Å². The Morgan fingerprint density at radius 3 is 2.71 bits per heavy atom. The van der Waals surface area contributed by atoms with Crippen molar-refractivity contribution in [1.82, 2.24) is 15.0 Å². The molecule has 0 saturated heterocycles. The van der Waals surface area contributed by atoms with E-state index in [9.17, 15) is 23.3 Å². The van der Waals surface area contributed by atoms with Gasteiger partial charge in [-0.2, -0.15) is 0 Å². The van der Waals surface area contributed by atoms with Gasteiger partial charge in [0.15, 0.2) is 0 Å². The number of rotatable bonds is 4. The molecule has 10 nitrogen and oxygen atoms in total. The summed E-state index contributed by atoms with van der Waals surface area (Å²) in [6.07, 6.45) is 2.54. The van der Waals surface area contributed by atoms with Crippen LogP contribution in [0.3, 0.4) is 0 Å². The lowest BCUT2D eigenvalue weighted by Crippen LogP contribution is -2.22.